The van der Waals surface area contributed by atoms with Crippen molar-refractivity contribution >= 4 is 28.6 Å². The topological polar surface area (TPSA) is 119 Å². The number of carbonyl (C=O) groups is 1. The average molecular weight is 258 g/mol. The third-order valence-electron chi connectivity index (χ3n) is 2.32. The van der Waals surface area contributed by atoms with Gasteiger partial charge in [0.1, 0.15) is 17.9 Å². The zero-order valence-electron chi connectivity index (χ0n) is 8.33. The number of halogens is 1. The van der Waals surface area contributed by atoms with E-state index in [-0.39, 0.29) is 16.2 Å². The smallest absolute Gasteiger partial charge is 0.335 e. The molecule has 0 bridgehead atoms. The van der Waals surface area contributed by atoms with Crippen LogP contribution in [-0.4, -0.2) is 42.3 Å². The number of aliphatic carboxylic acids is 1. The van der Waals surface area contributed by atoms with Crippen molar-refractivity contribution in [3.63, 3.8) is 0 Å². The van der Waals surface area contributed by atoms with Gasteiger partial charge in [0.2, 0.25) is 0 Å². The van der Waals surface area contributed by atoms with E-state index in [2.05, 4.69) is 15.0 Å². The van der Waals surface area contributed by atoms with Gasteiger partial charge in [-0.1, -0.05) is 11.6 Å². The van der Waals surface area contributed by atoms with Crippen molar-refractivity contribution in [3.8, 4) is 0 Å². The van der Waals surface area contributed by atoms with Crippen LogP contribution >= 0.6 is 11.6 Å². The molecule has 0 aliphatic heterocycles. The Morgan fingerprint density at radius 3 is 2.76 bits per heavy atom. The molecule has 0 aliphatic carbocycles. The molecule has 2 unspecified atom stereocenters. The Kier molecular flexibility index (Phi) is 2.97. The molecule has 0 aromatic carbocycles. The van der Waals surface area contributed by atoms with Crippen molar-refractivity contribution < 1.29 is 20.1 Å². The van der Waals surface area contributed by atoms with E-state index in [1.807, 2.05) is 0 Å². The summed E-state index contributed by atoms with van der Waals surface area (Å²) >= 11 is 5.77. The Hall–Kier alpha value is -1.70. The van der Waals surface area contributed by atoms with Gasteiger partial charge in [-0.25, -0.2) is 14.8 Å². The van der Waals surface area contributed by atoms with Gasteiger partial charge < -0.3 is 20.3 Å². The lowest BCUT2D eigenvalue weighted by molar-refractivity contribution is -0.153. The van der Waals surface area contributed by atoms with Crippen LogP contribution in [0.25, 0.3) is 11.0 Å². The van der Waals surface area contributed by atoms with Crippen molar-refractivity contribution in [1.82, 2.24) is 15.0 Å². The van der Waals surface area contributed by atoms with Crippen LogP contribution < -0.4 is 0 Å². The summed E-state index contributed by atoms with van der Waals surface area (Å²) in [7, 11) is 0. The van der Waals surface area contributed by atoms with E-state index in [0.29, 0.717) is 5.52 Å². The molecule has 17 heavy (non-hydrogen) atoms. The van der Waals surface area contributed by atoms with Crippen LogP contribution in [0, 0.1) is 0 Å². The van der Waals surface area contributed by atoms with Crippen LogP contribution in [0.1, 0.15) is 11.7 Å². The highest BCUT2D eigenvalue weighted by molar-refractivity contribution is 6.33. The first-order valence-corrected chi connectivity index (χ1v) is 4.96. The molecule has 2 atom stereocenters. The molecule has 8 heteroatoms. The van der Waals surface area contributed by atoms with Gasteiger partial charge in [-0.3, -0.25) is 0 Å². The number of H-pyrrole nitrogens is 1. The van der Waals surface area contributed by atoms with E-state index in [0.717, 1.165) is 0 Å². The van der Waals surface area contributed by atoms with E-state index < -0.39 is 18.2 Å². The number of aromatic nitrogens is 3. The highest BCUT2D eigenvalue weighted by Gasteiger charge is 2.28. The Morgan fingerprint density at radius 1 is 1.41 bits per heavy atom. The van der Waals surface area contributed by atoms with Gasteiger partial charge in [-0.2, -0.15) is 0 Å². The number of nitrogens with one attached hydrogen (secondary N) is 1. The lowest BCUT2D eigenvalue weighted by atomic mass is 10.1. The van der Waals surface area contributed by atoms with E-state index in [1.165, 1.54) is 12.5 Å². The molecule has 2 heterocycles. The Bertz CT molecular complexity index is 570. The summed E-state index contributed by atoms with van der Waals surface area (Å²) in [6, 6.07) is 0. The first kappa shape index (κ1) is 11.8. The second kappa shape index (κ2) is 4.28. The van der Waals surface area contributed by atoms with Crippen LogP contribution in [0.5, 0.6) is 0 Å². The SMILES string of the molecule is O=C(O)C(O)C(O)c1c[nH]c2c(Cl)ncnc12. The van der Waals surface area contributed by atoms with Gasteiger partial charge in [-0.05, 0) is 0 Å². The lowest BCUT2D eigenvalue weighted by Crippen LogP contribution is -2.27. The van der Waals surface area contributed by atoms with Gasteiger partial charge >= 0.3 is 5.97 Å². The van der Waals surface area contributed by atoms with Crippen molar-refractivity contribution in [2.45, 2.75) is 12.2 Å². The number of nitrogens with zero attached hydrogens (tertiary/aromatic N) is 2. The summed E-state index contributed by atoms with van der Waals surface area (Å²) in [6.07, 6.45) is -1.00. The molecule has 2 aromatic rings. The zero-order chi connectivity index (χ0) is 12.6. The molecule has 0 saturated carbocycles. The highest BCUT2D eigenvalue weighted by Crippen LogP contribution is 2.27. The van der Waals surface area contributed by atoms with E-state index >= 15 is 0 Å². The van der Waals surface area contributed by atoms with E-state index in [1.54, 1.807) is 0 Å². The predicted molar refractivity (Wildman–Crippen MR) is 57.5 cm³/mol. The molecule has 4 N–H and O–H groups in total. The monoisotopic (exact) mass is 257 g/mol. The third-order valence-corrected chi connectivity index (χ3v) is 2.60. The molecule has 0 aliphatic rings. The fourth-order valence-electron chi connectivity index (χ4n) is 1.46. The molecule has 0 saturated heterocycles. The minimum absolute atomic E-state index is 0.151. The molecule has 0 amide bonds. The summed E-state index contributed by atoms with van der Waals surface area (Å²) in [6.45, 7) is 0. The number of aliphatic hydroxyl groups excluding tert-OH is 2. The second-order valence-corrected chi connectivity index (χ2v) is 3.72. The van der Waals surface area contributed by atoms with E-state index in [4.69, 9.17) is 16.7 Å². The molecule has 0 radical (unpaired) electrons. The fourth-order valence-corrected chi connectivity index (χ4v) is 1.65. The number of fused-ring (bicyclic) bond motifs is 1. The number of hydrogen-bond donors (Lipinski definition) is 4. The summed E-state index contributed by atoms with van der Waals surface area (Å²) in [5, 5.41) is 27.7. The van der Waals surface area contributed by atoms with Gasteiger partial charge in [-0.15, -0.1) is 0 Å². The quantitative estimate of drug-likeness (QED) is 0.579. The number of aliphatic hydroxyl groups is 2. The molecule has 7 nitrogen and oxygen atoms in total. The van der Waals surface area contributed by atoms with Gasteiger partial charge in [0.25, 0.3) is 0 Å². The summed E-state index contributed by atoms with van der Waals surface area (Å²) in [5.74, 6) is -1.52. The van der Waals surface area contributed by atoms with Crippen LogP contribution in [0.3, 0.4) is 0 Å². The predicted octanol–water partition coefficient (Wildman–Crippen LogP) is 0.0902. The minimum atomic E-state index is -1.93. The van der Waals surface area contributed by atoms with E-state index in [9.17, 15) is 15.0 Å². The van der Waals surface area contributed by atoms with Gasteiger partial charge in [0, 0.05) is 11.8 Å². The number of rotatable bonds is 3. The van der Waals surface area contributed by atoms with Crippen LogP contribution in [-0.2, 0) is 4.79 Å². The number of hydrogen-bond acceptors (Lipinski definition) is 5. The number of carboxylic acids is 1. The highest BCUT2D eigenvalue weighted by atomic mass is 35.5. The molecule has 0 spiro atoms. The largest absolute Gasteiger partial charge is 0.479 e. The molecular formula is C9H8ClN3O4. The molecule has 0 fully saturated rings. The third kappa shape index (κ3) is 1.95. The summed E-state index contributed by atoms with van der Waals surface area (Å²) in [5.41, 5.74) is 0.804. The van der Waals surface area contributed by atoms with Crippen molar-refractivity contribution in [2.75, 3.05) is 0 Å². The maximum Gasteiger partial charge on any atom is 0.335 e. The summed E-state index contributed by atoms with van der Waals surface area (Å²) < 4.78 is 0. The normalized spacial score (nSPS) is 14.8. The Balaban J connectivity index is 2.50. The van der Waals surface area contributed by atoms with Crippen molar-refractivity contribution in [2.24, 2.45) is 0 Å². The van der Waals surface area contributed by atoms with Gasteiger partial charge in [0.05, 0.1) is 5.52 Å². The second-order valence-electron chi connectivity index (χ2n) is 3.36. The summed E-state index contributed by atoms with van der Waals surface area (Å²) in [4.78, 5) is 20.9. The minimum Gasteiger partial charge on any atom is -0.479 e. The molecular weight excluding hydrogens is 250 g/mol. The standard InChI is InChI=1S/C9H8ClN3O4/c10-8-5-4(12-2-13-8)3(1-11-5)6(14)7(15)9(16)17/h1-2,6-7,11,14-15H,(H,16,17). The van der Waals surface area contributed by atoms with Crippen LogP contribution in [0.2, 0.25) is 5.15 Å². The first-order chi connectivity index (χ1) is 8.02. The molecule has 2 aromatic heterocycles. The Morgan fingerprint density at radius 2 is 2.12 bits per heavy atom. The fraction of sp³-hybridized carbons (Fsp3) is 0.222. The van der Waals surface area contributed by atoms with Gasteiger partial charge in [0.15, 0.2) is 11.3 Å². The Labute approximate surface area is 99.7 Å². The van der Waals surface area contributed by atoms with Crippen LogP contribution in [0.15, 0.2) is 12.5 Å². The molecule has 90 valence electrons. The maximum absolute atomic E-state index is 10.6. The maximum atomic E-state index is 10.6. The lowest BCUT2D eigenvalue weighted by Gasteiger charge is -2.12. The van der Waals surface area contributed by atoms with Crippen molar-refractivity contribution in [1.29, 1.82) is 0 Å². The average Bonchev–Trinajstić information content (AvgIpc) is 2.72. The molecule has 2 rings (SSSR count). The zero-order valence-corrected chi connectivity index (χ0v) is 9.09. The van der Waals surface area contributed by atoms with Crippen LogP contribution in [0.4, 0.5) is 0 Å². The first-order valence-electron chi connectivity index (χ1n) is 4.58. The van der Waals surface area contributed by atoms with Crippen molar-refractivity contribution in [3.05, 3.63) is 23.2 Å². The number of carboxylic acid groups (broad SMARTS) is 1. The number of aromatic amines is 1.